The number of amides is 1. The Morgan fingerprint density at radius 3 is 2.58 bits per heavy atom. The van der Waals surface area contributed by atoms with Crippen LogP contribution >= 0.6 is 24.0 Å². The van der Waals surface area contributed by atoms with E-state index < -0.39 is 0 Å². The Hall–Kier alpha value is -1.07. The van der Waals surface area contributed by atoms with Crippen LogP contribution < -0.4 is 10.6 Å². The molecule has 1 rings (SSSR count). The number of thiocarbonyl (C=S) groups is 1. The van der Waals surface area contributed by atoms with Crippen LogP contribution in [-0.4, -0.2) is 17.3 Å². The Labute approximate surface area is 124 Å². The summed E-state index contributed by atoms with van der Waals surface area (Å²) < 4.78 is 0. The van der Waals surface area contributed by atoms with E-state index in [2.05, 4.69) is 41.8 Å². The Morgan fingerprint density at radius 2 is 2.00 bits per heavy atom. The molecular weight excluding hydrogens is 276 g/mol. The summed E-state index contributed by atoms with van der Waals surface area (Å²) in [6.07, 6.45) is 4.48. The number of carbonyl (C=O) groups is 1. The molecular formula is C14H20N2OS2. The average molecular weight is 296 g/mol. The van der Waals surface area contributed by atoms with Crippen LogP contribution in [-0.2, 0) is 11.3 Å². The van der Waals surface area contributed by atoms with Gasteiger partial charge in [-0.15, -0.1) is 11.8 Å². The quantitative estimate of drug-likeness (QED) is 0.625. The van der Waals surface area contributed by atoms with Crippen molar-refractivity contribution in [2.75, 3.05) is 6.26 Å². The summed E-state index contributed by atoms with van der Waals surface area (Å²) in [5.41, 5.74) is 1.14. The summed E-state index contributed by atoms with van der Waals surface area (Å²) in [7, 11) is 0. The van der Waals surface area contributed by atoms with Gasteiger partial charge in [0.15, 0.2) is 5.11 Å². The third kappa shape index (κ3) is 6.59. The Kier molecular flexibility index (Phi) is 7.52. The van der Waals surface area contributed by atoms with Crippen LogP contribution in [0.4, 0.5) is 0 Å². The lowest BCUT2D eigenvalue weighted by molar-refractivity contribution is -0.119. The molecule has 0 atom stereocenters. The monoisotopic (exact) mass is 296 g/mol. The van der Waals surface area contributed by atoms with Crippen LogP contribution in [0.2, 0.25) is 0 Å². The normalized spacial score (nSPS) is 10.0. The summed E-state index contributed by atoms with van der Waals surface area (Å²) in [6.45, 7) is 2.68. The van der Waals surface area contributed by atoms with Crippen molar-refractivity contribution in [2.24, 2.45) is 0 Å². The van der Waals surface area contributed by atoms with Gasteiger partial charge < -0.3 is 10.6 Å². The molecule has 0 aromatic heterocycles. The van der Waals surface area contributed by atoms with Gasteiger partial charge in [0.1, 0.15) is 0 Å². The van der Waals surface area contributed by atoms with Crippen molar-refractivity contribution in [1.82, 2.24) is 10.6 Å². The maximum atomic E-state index is 11.5. The molecule has 0 aliphatic carbocycles. The van der Waals surface area contributed by atoms with Crippen molar-refractivity contribution >= 4 is 35.0 Å². The zero-order valence-corrected chi connectivity index (χ0v) is 13.0. The third-order valence-corrected chi connectivity index (χ3v) is 3.61. The van der Waals surface area contributed by atoms with Gasteiger partial charge in [-0.1, -0.05) is 25.5 Å². The molecule has 1 aromatic carbocycles. The molecule has 0 bridgehead atoms. The molecule has 0 radical (unpaired) electrons. The summed E-state index contributed by atoms with van der Waals surface area (Å²) in [5.74, 6) is -0.0166. The number of carbonyl (C=O) groups excluding carboxylic acids is 1. The van der Waals surface area contributed by atoms with E-state index in [1.165, 1.54) is 4.90 Å². The SMILES string of the molecule is CCCCC(=O)NC(=S)NCc1ccc(SC)cc1. The Bertz CT molecular complexity index is 418. The maximum absolute atomic E-state index is 11.5. The molecule has 0 spiro atoms. The molecule has 1 aromatic rings. The van der Waals surface area contributed by atoms with Crippen LogP contribution in [0.5, 0.6) is 0 Å². The lowest BCUT2D eigenvalue weighted by Crippen LogP contribution is -2.38. The minimum absolute atomic E-state index is 0.0166. The fourth-order valence-electron chi connectivity index (χ4n) is 1.50. The third-order valence-electron chi connectivity index (χ3n) is 2.62. The number of rotatable bonds is 6. The highest BCUT2D eigenvalue weighted by atomic mass is 32.2. The smallest absolute Gasteiger partial charge is 0.226 e. The highest BCUT2D eigenvalue weighted by Crippen LogP contribution is 2.14. The molecule has 5 heteroatoms. The van der Waals surface area contributed by atoms with Crippen molar-refractivity contribution in [3.8, 4) is 0 Å². The molecule has 0 heterocycles. The van der Waals surface area contributed by atoms with Gasteiger partial charge in [0, 0.05) is 17.9 Å². The van der Waals surface area contributed by atoms with Gasteiger partial charge in [-0.05, 0) is 42.6 Å². The lowest BCUT2D eigenvalue weighted by Gasteiger charge is -2.09. The first-order chi connectivity index (χ1) is 9.15. The molecule has 104 valence electrons. The number of thioether (sulfide) groups is 1. The molecule has 2 N–H and O–H groups in total. The van der Waals surface area contributed by atoms with E-state index in [-0.39, 0.29) is 5.91 Å². The fourth-order valence-corrected chi connectivity index (χ4v) is 2.09. The largest absolute Gasteiger partial charge is 0.358 e. The molecule has 1 amide bonds. The van der Waals surface area contributed by atoms with Crippen molar-refractivity contribution in [3.63, 3.8) is 0 Å². The molecule has 19 heavy (non-hydrogen) atoms. The van der Waals surface area contributed by atoms with Gasteiger partial charge in [-0.3, -0.25) is 4.79 Å². The van der Waals surface area contributed by atoms with Gasteiger partial charge >= 0.3 is 0 Å². The summed E-state index contributed by atoms with van der Waals surface area (Å²) >= 11 is 6.80. The molecule has 0 unspecified atom stereocenters. The second-order valence-electron chi connectivity index (χ2n) is 4.18. The van der Waals surface area contributed by atoms with E-state index >= 15 is 0 Å². The number of hydrogen-bond acceptors (Lipinski definition) is 3. The van der Waals surface area contributed by atoms with E-state index in [1.54, 1.807) is 11.8 Å². The standard InChI is InChI=1S/C14H20N2OS2/c1-3-4-5-13(17)16-14(18)15-10-11-6-8-12(19-2)9-7-11/h6-9H,3-5,10H2,1-2H3,(H2,15,16,17,18). The van der Waals surface area contributed by atoms with E-state index in [1.807, 2.05) is 6.26 Å². The highest BCUT2D eigenvalue weighted by molar-refractivity contribution is 7.98. The van der Waals surface area contributed by atoms with E-state index in [4.69, 9.17) is 12.2 Å². The average Bonchev–Trinajstić information content (AvgIpc) is 2.43. The Morgan fingerprint density at radius 1 is 1.32 bits per heavy atom. The number of unbranched alkanes of at least 4 members (excludes halogenated alkanes) is 1. The molecule has 0 saturated carbocycles. The van der Waals surface area contributed by atoms with Crippen LogP contribution in [0.25, 0.3) is 0 Å². The van der Waals surface area contributed by atoms with E-state index in [0.717, 1.165) is 18.4 Å². The molecule has 0 aliphatic rings. The minimum Gasteiger partial charge on any atom is -0.358 e. The Balaban J connectivity index is 2.31. The summed E-state index contributed by atoms with van der Waals surface area (Å²) in [6, 6.07) is 8.26. The highest BCUT2D eigenvalue weighted by Gasteiger charge is 2.03. The van der Waals surface area contributed by atoms with E-state index in [9.17, 15) is 4.79 Å². The molecule has 0 saturated heterocycles. The van der Waals surface area contributed by atoms with Gasteiger partial charge in [0.25, 0.3) is 0 Å². The van der Waals surface area contributed by atoms with Gasteiger partial charge in [-0.25, -0.2) is 0 Å². The van der Waals surface area contributed by atoms with Gasteiger partial charge in [0.2, 0.25) is 5.91 Å². The van der Waals surface area contributed by atoms with Crippen LogP contribution in [0, 0.1) is 0 Å². The predicted molar refractivity (Wildman–Crippen MR) is 85.3 cm³/mol. The van der Waals surface area contributed by atoms with Crippen molar-refractivity contribution in [1.29, 1.82) is 0 Å². The predicted octanol–water partition coefficient (Wildman–Crippen LogP) is 3.09. The second-order valence-corrected chi connectivity index (χ2v) is 5.47. The maximum Gasteiger partial charge on any atom is 0.226 e. The second kappa shape index (κ2) is 8.93. The van der Waals surface area contributed by atoms with Crippen LogP contribution in [0.1, 0.15) is 31.7 Å². The molecule has 3 nitrogen and oxygen atoms in total. The number of hydrogen-bond donors (Lipinski definition) is 2. The first kappa shape index (κ1) is 16.0. The minimum atomic E-state index is -0.0166. The van der Waals surface area contributed by atoms with Gasteiger partial charge in [-0.2, -0.15) is 0 Å². The van der Waals surface area contributed by atoms with Crippen LogP contribution in [0.3, 0.4) is 0 Å². The fraction of sp³-hybridized carbons (Fsp3) is 0.429. The zero-order valence-electron chi connectivity index (χ0n) is 11.4. The number of nitrogens with one attached hydrogen (secondary N) is 2. The topological polar surface area (TPSA) is 41.1 Å². The van der Waals surface area contributed by atoms with E-state index in [0.29, 0.717) is 18.1 Å². The first-order valence-electron chi connectivity index (χ1n) is 6.36. The zero-order chi connectivity index (χ0) is 14.1. The van der Waals surface area contributed by atoms with Crippen molar-refractivity contribution in [2.45, 2.75) is 37.6 Å². The van der Waals surface area contributed by atoms with Crippen molar-refractivity contribution < 1.29 is 4.79 Å². The van der Waals surface area contributed by atoms with Crippen molar-refractivity contribution in [3.05, 3.63) is 29.8 Å². The molecule has 0 aliphatic heterocycles. The van der Waals surface area contributed by atoms with Crippen LogP contribution in [0.15, 0.2) is 29.2 Å². The summed E-state index contributed by atoms with van der Waals surface area (Å²) in [5, 5.41) is 6.12. The summed E-state index contributed by atoms with van der Waals surface area (Å²) in [4.78, 5) is 12.7. The molecule has 0 fully saturated rings. The first-order valence-corrected chi connectivity index (χ1v) is 7.99. The number of benzene rings is 1. The van der Waals surface area contributed by atoms with Gasteiger partial charge in [0.05, 0.1) is 0 Å². The lowest BCUT2D eigenvalue weighted by atomic mass is 10.2.